The smallest absolute Gasteiger partial charge is 0.241 e. The number of halogens is 1. The van der Waals surface area contributed by atoms with Crippen molar-refractivity contribution in [2.45, 2.75) is 6.04 Å². The molecule has 0 spiro atoms. The number of nitrogens with zero attached hydrogens (tertiary/aromatic N) is 2. The van der Waals surface area contributed by atoms with Gasteiger partial charge in [-0.3, -0.25) is 9.78 Å². The Morgan fingerprint density at radius 3 is 3.19 bits per heavy atom. The highest BCUT2D eigenvalue weighted by atomic mass is 35.5. The fraction of sp³-hybridized carbons (Fsp3) is 0.400. The summed E-state index contributed by atoms with van der Waals surface area (Å²) in [4.78, 5) is 17.2. The zero-order chi connectivity index (χ0) is 11.5. The van der Waals surface area contributed by atoms with Gasteiger partial charge in [0.05, 0.1) is 10.7 Å². The molecule has 1 fully saturated rings. The maximum absolute atomic E-state index is 11.3. The predicted molar refractivity (Wildman–Crippen MR) is 62.4 cm³/mol. The Kier molecular flexibility index (Phi) is 3.26. The van der Waals surface area contributed by atoms with Gasteiger partial charge in [-0.25, -0.2) is 0 Å². The van der Waals surface area contributed by atoms with Crippen LogP contribution in [0.2, 0.25) is 5.02 Å². The summed E-state index contributed by atoms with van der Waals surface area (Å²) >= 11 is 6.05. The third kappa shape index (κ3) is 2.10. The largest absolute Gasteiger partial charge is 0.368 e. The lowest BCUT2D eigenvalue weighted by atomic mass is 10.1. The number of hydrogen-bond donors (Lipinski definition) is 2. The van der Waals surface area contributed by atoms with Gasteiger partial charge < -0.3 is 16.0 Å². The van der Waals surface area contributed by atoms with E-state index in [9.17, 15) is 4.79 Å². The molecule has 1 aromatic heterocycles. The molecule has 1 atom stereocenters. The first-order valence-corrected chi connectivity index (χ1v) is 5.44. The summed E-state index contributed by atoms with van der Waals surface area (Å²) in [6, 6.07) is 1.44. The van der Waals surface area contributed by atoms with Crippen LogP contribution in [-0.4, -0.2) is 36.6 Å². The van der Waals surface area contributed by atoms with Gasteiger partial charge in [0.2, 0.25) is 5.91 Å². The topological polar surface area (TPSA) is 71.2 Å². The molecule has 1 amide bonds. The van der Waals surface area contributed by atoms with Crippen molar-refractivity contribution < 1.29 is 4.79 Å². The molecule has 1 saturated heterocycles. The van der Waals surface area contributed by atoms with Crippen molar-refractivity contribution in [3.8, 4) is 0 Å². The lowest BCUT2D eigenvalue weighted by molar-refractivity contribution is -0.119. The van der Waals surface area contributed by atoms with Gasteiger partial charge >= 0.3 is 0 Å². The maximum atomic E-state index is 11.3. The fourth-order valence-electron chi connectivity index (χ4n) is 1.85. The van der Waals surface area contributed by atoms with Crippen LogP contribution in [0.3, 0.4) is 0 Å². The minimum absolute atomic E-state index is 0.347. The highest BCUT2D eigenvalue weighted by Crippen LogP contribution is 2.26. The van der Waals surface area contributed by atoms with Gasteiger partial charge in [-0.2, -0.15) is 0 Å². The molecule has 0 radical (unpaired) electrons. The molecule has 5 nitrogen and oxygen atoms in total. The van der Waals surface area contributed by atoms with Gasteiger partial charge in [-0.15, -0.1) is 0 Å². The first kappa shape index (κ1) is 11.2. The Balaban J connectivity index is 2.30. The number of nitrogens with two attached hydrogens (primary N) is 1. The summed E-state index contributed by atoms with van der Waals surface area (Å²) < 4.78 is 0. The van der Waals surface area contributed by atoms with Gasteiger partial charge in [-0.05, 0) is 6.07 Å². The van der Waals surface area contributed by atoms with Crippen molar-refractivity contribution >= 4 is 23.2 Å². The van der Waals surface area contributed by atoms with E-state index in [0.717, 1.165) is 12.2 Å². The third-order valence-electron chi connectivity index (χ3n) is 2.63. The molecule has 0 aromatic carbocycles. The second-order valence-electron chi connectivity index (χ2n) is 3.64. The molecule has 1 aliphatic heterocycles. The Morgan fingerprint density at radius 1 is 1.69 bits per heavy atom. The number of nitrogens with one attached hydrogen (secondary N) is 1. The molecule has 0 saturated carbocycles. The summed E-state index contributed by atoms with van der Waals surface area (Å²) in [6.45, 7) is 2.06. The minimum atomic E-state index is -0.353. The molecule has 16 heavy (non-hydrogen) atoms. The van der Waals surface area contributed by atoms with Crippen molar-refractivity contribution in [3.05, 3.63) is 23.5 Å². The Labute approximate surface area is 98.6 Å². The van der Waals surface area contributed by atoms with Crippen molar-refractivity contribution in [1.82, 2.24) is 10.3 Å². The zero-order valence-electron chi connectivity index (χ0n) is 8.69. The monoisotopic (exact) mass is 240 g/mol. The summed E-state index contributed by atoms with van der Waals surface area (Å²) in [7, 11) is 0. The van der Waals surface area contributed by atoms with E-state index < -0.39 is 0 Å². The number of pyridine rings is 1. The molecule has 2 rings (SSSR count). The van der Waals surface area contributed by atoms with Gasteiger partial charge in [0.1, 0.15) is 6.04 Å². The van der Waals surface area contributed by atoms with Crippen molar-refractivity contribution in [2.75, 3.05) is 24.5 Å². The molecular weight excluding hydrogens is 228 g/mol. The molecule has 1 unspecified atom stereocenters. The van der Waals surface area contributed by atoms with Gasteiger partial charge in [0.25, 0.3) is 0 Å². The number of carbonyl (C=O) groups excluding carboxylic acids is 1. The van der Waals surface area contributed by atoms with Crippen LogP contribution in [0.25, 0.3) is 0 Å². The number of carbonyl (C=O) groups is 1. The van der Waals surface area contributed by atoms with Crippen LogP contribution < -0.4 is 16.0 Å². The molecule has 86 valence electrons. The Bertz CT molecular complexity index is 398. The van der Waals surface area contributed by atoms with Crippen LogP contribution in [0, 0.1) is 0 Å². The number of anilines is 1. The fourth-order valence-corrected chi connectivity index (χ4v) is 2.08. The standard InChI is InChI=1S/C10H13ClN4O/c11-7-5-13-2-1-8(7)15-4-3-14-6-9(15)10(12)16/h1-2,5,9,14H,3-4,6H2,(H2,12,16). The van der Waals surface area contributed by atoms with Crippen LogP contribution >= 0.6 is 11.6 Å². The molecule has 1 aromatic rings. The quantitative estimate of drug-likeness (QED) is 0.763. The zero-order valence-corrected chi connectivity index (χ0v) is 9.44. The Hall–Kier alpha value is -1.33. The number of amides is 1. The summed E-state index contributed by atoms with van der Waals surface area (Å²) in [5.74, 6) is -0.347. The van der Waals surface area contributed by atoms with E-state index in [0.29, 0.717) is 18.1 Å². The average molecular weight is 241 g/mol. The first-order chi connectivity index (χ1) is 7.70. The SMILES string of the molecule is NC(=O)C1CNCCN1c1ccncc1Cl. The van der Waals surface area contributed by atoms with Crippen LogP contribution in [0.15, 0.2) is 18.5 Å². The van der Waals surface area contributed by atoms with E-state index in [1.807, 2.05) is 4.90 Å². The molecule has 2 heterocycles. The summed E-state index contributed by atoms with van der Waals surface area (Å²) in [5.41, 5.74) is 6.17. The van der Waals surface area contributed by atoms with E-state index >= 15 is 0 Å². The second kappa shape index (κ2) is 4.67. The van der Waals surface area contributed by atoms with Crippen LogP contribution in [0.5, 0.6) is 0 Å². The van der Waals surface area contributed by atoms with Crippen LogP contribution in [0.1, 0.15) is 0 Å². The van der Waals surface area contributed by atoms with E-state index in [1.165, 1.54) is 0 Å². The predicted octanol–water partition coefficient (Wildman–Crippen LogP) is -0.00150. The summed E-state index contributed by atoms with van der Waals surface area (Å²) in [6.07, 6.45) is 3.22. The highest BCUT2D eigenvalue weighted by Gasteiger charge is 2.27. The van der Waals surface area contributed by atoms with Crippen LogP contribution in [-0.2, 0) is 4.79 Å². The van der Waals surface area contributed by atoms with Crippen molar-refractivity contribution in [3.63, 3.8) is 0 Å². The number of hydrogen-bond acceptors (Lipinski definition) is 4. The second-order valence-corrected chi connectivity index (χ2v) is 4.05. The first-order valence-electron chi connectivity index (χ1n) is 5.06. The Morgan fingerprint density at radius 2 is 2.50 bits per heavy atom. The van der Waals surface area contributed by atoms with E-state index in [4.69, 9.17) is 17.3 Å². The van der Waals surface area contributed by atoms with Crippen molar-refractivity contribution in [2.24, 2.45) is 5.73 Å². The highest BCUT2D eigenvalue weighted by molar-refractivity contribution is 6.33. The number of primary amides is 1. The van der Waals surface area contributed by atoms with E-state index in [2.05, 4.69) is 10.3 Å². The normalized spacial score (nSPS) is 20.8. The van der Waals surface area contributed by atoms with E-state index in [-0.39, 0.29) is 11.9 Å². The van der Waals surface area contributed by atoms with Gasteiger partial charge in [0, 0.05) is 32.0 Å². The summed E-state index contributed by atoms with van der Waals surface area (Å²) in [5, 5.41) is 3.67. The number of rotatable bonds is 2. The van der Waals surface area contributed by atoms with Gasteiger partial charge in [-0.1, -0.05) is 11.6 Å². The maximum Gasteiger partial charge on any atom is 0.241 e. The third-order valence-corrected chi connectivity index (χ3v) is 2.92. The average Bonchev–Trinajstić information content (AvgIpc) is 2.29. The molecule has 0 bridgehead atoms. The molecular formula is C10H13ClN4O. The lowest BCUT2D eigenvalue weighted by Crippen LogP contribution is -2.57. The molecule has 1 aliphatic rings. The minimum Gasteiger partial charge on any atom is -0.368 e. The lowest BCUT2D eigenvalue weighted by Gasteiger charge is -2.36. The molecule has 0 aliphatic carbocycles. The molecule has 3 N–H and O–H groups in total. The number of aromatic nitrogens is 1. The van der Waals surface area contributed by atoms with Crippen LogP contribution in [0.4, 0.5) is 5.69 Å². The van der Waals surface area contributed by atoms with E-state index in [1.54, 1.807) is 18.5 Å². The number of piperazine rings is 1. The van der Waals surface area contributed by atoms with Crippen molar-refractivity contribution in [1.29, 1.82) is 0 Å². The molecule has 6 heteroatoms. The van der Waals surface area contributed by atoms with Gasteiger partial charge in [0.15, 0.2) is 0 Å².